The average molecular weight is 147 g/mol. The third-order valence-corrected chi connectivity index (χ3v) is 1.18. The minimum Gasteiger partial charge on any atom is -0.311 e. The molecule has 0 saturated carbocycles. The first kappa shape index (κ1) is 8.29. The highest BCUT2D eigenvalue weighted by atomic mass is 32.2. The van der Waals surface area contributed by atoms with Crippen LogP contribution < -0.4 is 10.7 Å². The lowest BCUT2D eigenvalue weighted by Gasteiger charge is -1.96. The molecule has 0 radical (unpaired) electrons. The minimum absolute atomic E-state index is 0.563. The Morgan fingerprint density at radius 3 is 2.78 bits per heavy atom. The van der Waals surface area contributed by atoms with Crippen molar-refractivity contribution in [2.45, 2.75) is 0 Å². The summed E-state index contributed by atoms with van der Waals surface area (Å²) in [7, 11) is 1.67. The van der Waals surface area contributed by atoms with E-state index in [2.05, 4.69) is 15.8 Å². The van der Waals surface area contributed by atoms with Crippen LogP contribution in [0.2, 0.25) is 0 Å². The van der Waals surface area contributed by atoms with Crippen molar-refractivity contribution in [3.8, 4) is 0 Å². The number of rotatable bonds is 2. The first-order valence-electron chi connectivity index (χ1n) is 2.33. The highest BCUT2D eigenvalue weighted by molar-refractivity contribution is 8.13. The van der Waals surface area contributed by atoms with E-state index < -0.39 is 0 Å². The standard InChI is InChI=1S/C4H9N3OS/c1-5-7-4(9-2)6-3-8/h3,5H,1-2H3,(H,6,7,8). The number of hydrazone groups is 1. The predicted molar refractivity (Wildman–Crippen MR) is 39.2 cm³/mol. The summed E-state index contributed by atoms with van der Waals surface area (Å²) in [5, 5.41) is 6.69. The van der Waals surface area contributed by atoms with Crippen LogP contribution in [-0.2, 0) is 4.79 Å². The van der Waals surface area contributed by atoms with Crippen molar-refractivity contribution < 1.29 is 4.79 Å². The SMILES string of the molecule is CN/N=C(\NC=O)SC. The molecule has 0 aliphatic rings. The van der Waals surface area contributed by atoms with E-state index in [0.717, 1.165) is 0 Å². The Bertz CT molecular complexity index is 114. The number of hydrogen-bond donors (Lipinski definition) is 2. The number of thioether (sulfide) groups is 1. The molecule has 0 aliphatic heterocycles. The lowest BCUT2D eigenvalue weighted by molar-refractivity contribution is -0.108. The summed E-state index contributed by atoms with van der Waals surface area (Å²) in [5.74, 6) is 0. The van der Waals surface area contributed by atoms with Crippen molar-refractivity contribution in [1.29, 1.82) is 0 Å². The van der Waals surface area contributed by atoms with Gasteiger partial charge in [0, 0.05) is 7.05 Å². The van der Waals surface area contributed by atoms with Gasteiger partial charge in [0.15, 0.2) is 5.17 Å². The summed E-state index contributed by atoms with van der Waals surface area (Å²) < 4.78 is 0. The number of amidine groups is 1. The average Bonchev–Trinajstić information content (AvgIpc) is 1.88. The van der Waals surface area contributed by atoms with Crippen LogP contribution >= 0.6 is 11.8 Å². The van der Waals surface area contributed by atoms with Gasteiger partial charge in [0.05, 0.1) is 0 Å². The van der Waals surface area contributed by atoms with Crippen molar-refractivity contribution >= 4 is 23.3 Å². The monoisotopic (exact) mass is 147 g/mol. The summed E-state index contributed by atoms with van der Waals surface area (Å²) in [6, 6.07) is 0. The summed E-state index contributed by atoms with van der Waals surface area (Å²) in [6.07, 6.45) is 2.42. The van der Waals surface area contributed by atoms with Crippen molar-refractivity contribution in [3.63, 3.8) is 0 Å². The molecule has 9 heavy (non-hydrogen) atoms. The van der Waals surface area contributed by atoms with Crippen molar-refractivity contribution in [2.24, 2.45) is 5.10 Å². The number of carbonyl (C=O) groups excluding carboxylic acids is 1. The van der Waals surface area contributed by atoms with Crippen LogP contribution in [-0.4, -0.2) is 24.9 Å². The van der Waals surface area contributed by atoms with Crippen LogP contribution in [0.3, 0.4) is 0 Å². The van der Waals surface area contributed by atoms with E-state index in [0.29, 0.717) is 11.6 Å². The van der Waals surface area contributed by atoms with Crippen LogP contribution in [0, 0.1) is 0 Å². The Morgan fingerprint density at radius 2 is 2.44 bits per heavy atom. The van der Waals surface area contributed by atoms with Gasteiger partial charge in [-0.05, 0) is 6.26 Å². The molecule has 0 spiro atoms. The smallest absolute Gasteiger partial charge is 0.213 e. The normalized spacial score (nSPS) is 10.7. The van der Waals surface area contributed by atoms with Crippen LogP contribution in [0.5, 0.6) is 0 Å². The topological polar surface area (TPSA) is 53.5 Å². The Morgan fingerprint density at radius 1 is 1.78 bits per heavy atom. The highest BCUT2D eigenvalue weighted by Crippen LogP contribution is 1.90. The van der Waals surface area contributed by atoms with E-state index in [4.69, 9.17) is 0 Å². The van der Waals surface area contributed by atoms with Gasteiger partial charge >= 0.3 is 0 Å². The van der Waals surface area contributed by atoms with Gasteiger partial charge in [-0.3, -0.25) is 4.79 Å². The third-order valence-electron chi connectivity index (χ3n) is 0.589. The first-order chi connectivity index (χ1) is 4.35. The Kier molecular flexibility index (Phi) is 5.00. The first-order valence-corrected chi connectivity index (χ1v) is 3.56. The maximum Gasteiger partial charge on any atom is 0.213 e. The van der Waals surface area contributed by atoms with Crippen LogP contribution in [0.4, 0.5) is 0 Å². The molecule has 1 amide bonds. The van der Waals surface area contributed by atoms with E-state index >= 15 is 0 Å². The molecular formula is C4H9N3OS. The second-order valence-corrected chi connectivity index (χ2v) is 1.90. The lowest BCUT2D eigenvalue weighted by Crippen LogP contribution is -2.20. The molecular weight excluding hydrogens is 138 g/mol. The van der Waals surface area contributed by atoms with Crippen LogP contribution in [0.25, 0.3) is 0 Å². The number of amides is 1. The van der Waals surface area contributed by atoms with E-state index in [1.165, 1.54) is 11.8 Å². The highest BCUT2D eigenvalue weighted by Gasteiger charge is 1.89. The number of carbonyl (C=O) groups is 1. The molecule has 5 heteroatoms. The Hall–Kier alpha value is -0.710. The molecule has 0 unspecified atom stereocenters. The molecule has 0 saturated heterocycles. The molecule has 0 aliphatic carbocycles. The molecule has 52 valence electrons. The maximum absolute atomic E-state index is 9.82. The zero-order chi connectivity index (χ0) is 7.11. The molecule has 0 aromatic carbocycles. The Balaban J connectivity index is 3.65. The molecule has 0 rings (SSSR count). The van der Waals surface area contributed by atoms with Gasteiger partial charge in [-0.2, -0.15) is 5.10 Å². The summed E-state index contributed by atoms with van der Waals surface area (Å²) >= 11 is 1.36. The van der Waals surface area contributed by atoms with E-state index in [1.54, 1.807) is 7.05 Å². The maximum atomic E-state index is 9.82. The van der Waals surface area contributed by atoms with Gasteiger partial charge in [-0.15, -0.1) is 0 Å². The molecule has 0 aromatic heterocycles. The van der Waals surface area contributed by atoms with Crippen molar-refractivity contribution in [2.75, 3.05) is 13.3 Å². The summed E-state index contributed by atoms with van der Waals surface area (Å²) in [5.41, 5.74) is 2.55. The second kappa shape index (κ2) is 5.43. The zero-order valence-corrected chi connectivity index (χ0v) is 6.16. The number of hydrogen-bond acceptors (Lipinski definition) is 4. The van der Waals surface area contributed by atoms with Crippen molar-refractivity contribution in [1.82, 2.24) is 10.7 Å². The van der Waals surface area contributed by atoms with E-state index in [1.807, 2.05) is 6.26 Å². The molecule has 4 nitrogen and oxygen atoms in total. The molecule has 2 N–H and O–H groups in total. The van der Waals surface area contributed by atoms with Crippen LogP contribution in [0.15, 0.2) is 5.10 Å². The predicted octanol–water partition coefficient (Wildman–Crippen LogP) is -0.414. The molecule has 0 aromatic rings. The Labute approximate surface area is 58.1 Å². The van der Waals surface area contributed by atoms with Crippen LogP contribution in [0.1, 0.15) is 0 Å². The van der Waals surface area contributed by atoms with E-state index in [9.17, 15) is 4.79 Å². The molecule has 0 bridgehead atoms. The third kappa shape index (κ3) is 3.84. The fraction of sp³-hybridized carbons (Fsp3) is 0.500. The second-order valence-electron chi connectivity index (χ2n) is 1.11. The molecule has 0 fully saturated rings. The van der Waals surface area contributed by atoms with Gasteiger partial charge in [0.25, 0.3) is 0 Å². The fourth-order valence-electron chi connectivity index (χ4n) is 0.289. The molecule has 0 heterocycles. The van der Waals surface area contributed by atoms with Gasteiger partial charge in [0.1, 0.15) is 0 Å². The van der Waals surface area contributed by atoms with Gasteiger partial charge in [0.2, 0.25) is 6.41 Å². The zero-order valence-electron chi connectivity index (χ0n) is 5.34. The lowest BCUT2D eigenvalue weighted by atomic mass is 11.1. The van der Waals surface area contributed by atoms with E-state index in [-0.39, 0.29) is 0 Å². The van der Waals surface area contributed by atoms with Crippen molar-refractivity contribution in [3.05, 3.63) is 0 Å². The quantitative estimate of drug-likeness (QED) is 0.241. The largest absolute Gasteiger partial charge is 0.311 e. The van der Waals surface area contributed by atoms with Gasteiger partial charge in [-0.25, -0.2) is 0 Å². The van der Waals surface area contributed by atoms with Gasteiger partial charge < -0.3 is 10.7 Å². The number of nitrogens with zero attached hydrogens (tertiary/aromatic N) is 1. The minimum atomic E-state index is 0.563. The summed E-state index contributed by atoms with van der Waals surface area (Å²) in [6.45, 7) is 0. The number of nitrogens with one attached hydrogen (secondary N) is 2. The molecule has 0 atom stereocenters. The van der Waals surface area contributed by atoms with Gasteiger partial charge in [-0.1, -0.05) is 11.8 Å². The summed E-state index contributed by atoms with van der Waals surface area (Å²) in [4.78, 5) is 9.82. The fourth-order valence-corrected chi connectivity index (χ4v) is 0.637.